The molecular formula is C10H18FN3O2. The summed E-state index contributed by atoms with van der Waals surface area (Å²) in [5.41, 5.74) is 4.14. The minimum atomic E-state index is -1.33. The molecule has 0 saturated heterocycles. The molecular weight excluding hydrogens is 213 g/mol. The molecule has 92 valence electrons. The molecule has 1 atom stereocenters. The minimum absolute atomic E-state index is 0.0519. The second-order valence-corrected chi connectivity index (χ2v) is 3.89. The summed E-state index contributed by atoms with van der Waals surface area (Å²) in [7, 11) is 0. The lowest BCUT2D eigenvalue weighted by Crippen LogP contribution is -2.44. The van der Waals surface area contributed by atoms with E-state index < -0.39 is 17.3 Å². The van der Waals surface area contributed by atoms with Crippen LogP contribution in [-0.4, -0.2) is 29.0 Å². The van der Waals surface area contributed by atoms with E-state index in [9.17, 15) is 9.18 Å². The minimum Gasteiger partial charge on any atom is -0.480 e. The van der Waals surface area contributed by atoms with Crippen molar-refractivity contribution in [2.45, 2.75) is 32.2 Å². The van der Waals surface area contributed by atoms with Crippen LogP contribution in [0, 0.1) is 5.41 Å². The highest BCUT2D eigenvalue weighted by Crippen LogP contribution is 2.11. The third-order valence-corrected chi connectivity index (χ3v) is 2.04. The Kier molecular flexibility index (Phi) is 5.66. The van der Waals surface area contributed by atoms with Gasteiger partial charge in [0.15, 0.2) is 0 Å². The Balaban J connectivity index is 4.00. The van der Waals surface area contributed by atoms with Crippen LogP contribution in [-0.2, 0) is 4.79 Å². The SMILES string of the molecule is CC(=N)NC/C(F)=C\CCC(C)(N)C(=O)O. The number of rotatable bonds is 6. The molecule has 0 aromatic heterocycles. The average molecular weight is 231 g/mol. The van der Waals surface area contributed by atoms with Crippen molar-refractivity contribution in [2.75, 3.05) is 6.54 Å². The van der Waals surface area contributed by atoms with Crippen molar-refractivity contribution < 1.29 is 14.3 Å². The molecule has 0 amide bonds. The van der Waals surface area contributed by atoms with Crippen LogP contribution in [0.1, 0.15) is 26.7 Å². The van der Waals surface area contributed by atoms with Gasteiger partial charge in [-0.3, -0.25) is 10.2 Å². The molecule has 0 aromatic rings. The Labute approximate surface area is 94.0 Å². The molecule has 0 aliphatic rings. The van der Waals surface area contributed by atoms with Crippen molar-refractivity contribution in [3.63, 3.8) is 0 Å². The van der Waals surface area contributed by atoms with Gasteiger partial charge in [-0.25, -0.2) is 4.39 Å². The largest absolute Gasteiger partial charge is 0.480 e. The molecule has 0 aliphatic heterocycles. The average Bonchev–Trinajstić information content (AvgIpc) is 2.14. The van der Waals surface area contributed by atoms with Gasteiger partial charge in [-0.1, -0.05) is 6.08 Å². The van der Waals surface area contributed by atoms with Gasteiger partial charge in [-0.15, -0.1) is 0 Å². The van der Waals surface area contributed by atoms with Crippen molar-refractivity contribution >= 4 is 11.8 Å². The maximum atomic E-state index is 13.1. The summed E-state index contributed by atoms with van der Waals surface area (Å²) < 4.78 is 13.1. The van der Waals surface area contributed by atoms with Gasteiger partial charge in [0.05, 0.1) is 12.4 Å². The number of carboxylic acid groups (broad SMARTS) is 1. The van der Waals surface area contributed by atoms with E-state index in [1.165, 1.54) is 19.9 Å². The second kappa shape index (κ2) is 6.22. The lowest BCUT2D eigenvalue weighted by Gasteiger charge is -2.17. The van der Waals surface area contributed by atoms with Crippen LogP contribution in [0.25, 0.3) is 0 Å². The number of halogens is 1. The maximum absolute atomic E-state index is 13.1. The molecule has 0 bridgehead atoms. The summed E-state index contributed by atoms with van der Waals surface area (Å²) in [5.74, 6) is -1.35. The summed E-state index contributed by atoms with van der Waals surface area (Å²) in [5, 5.41) is 18.2. The van der Waals surface area contributed by atoms with E-state index in [2.05, 4.69) is 5.32 Å². The molecule has 16 heavy (non-hydrogen) atoms. The summed E-state index contributed by atoms with van der Waals surface area (Å²) in [6.45, 7) is 2.85. The lowest BCUT2D eigenvalue weighted by atomic mass is 9.97. The monoisotopic (exact) mass is 231 g/mol. The Morgan fingerprint density at radius 3 is 2.69 bits per heavy atom. The van der Waals surface area contributed by atoms with Gasteiger partial charge < -0.3 is 16.2 Å². The number of amidine groups is 1. The first-order valence-electron chi connectivity index (χ1n) is 4.91. The van der Waals surface area contributed by atoms with Crippen molar-refractivity contribution in [3.8, 4) is 0 Å². The smallest absolute Gasteiger partial charge is 0.323 e. The van der Waals surface area contributed by atoms with Crippen LogP contribution in [0.2, 0.25) is 0 Å². The van der Waals surface area contributed by atoms with Gasteiger partial charge in [0.25, 0.3) is 0 Å². The fraction of sp³-hybridized carbons (Fsp3) is 0.600. The summed E-state index contributed by atoms with van der Waals surface area (Å²) in [6.07, 6.45) is 1.70. The van der Waals surface area contributed by atoms with E-state index in [4.69, 9.17) is 16.2 Å². The van der Waals surface area contributed by atoms with Gasteiger partial charge in [-0.2, -0.15) is 0 Å². The molecule has 1 unspecified atom stereocenters. The van der Waals surface area contributed by atoms with Gasteiger partial charge in [-0.05, 0) is 26.7 Å². The molecule has 6 heteroatoms. The third kappa shape index (κ3) is 6.13. The molecule has 0 aromatic carbocycles. The molecule has 0 rings (SSSR count). The number of carbonyl (C=O) groups is 1. The third-order valence-electron chi connectivity index (χ3n) is 2.04. The van der Waals surface area contributed by atoms with E-state index in [-0.39, 0.29) is 25.2 Å². The Bertz CT molecular complexity index is 300. The number of allylic oxidation sites excluding steroid dienone is 1. The predicted molar refractivity (Wildman–Crippen MR) is 60.1 cm³/mol. The number of nitrogens with two attached hydrogens (primary N) is 1. The van der Waals surface area contributed by atoms with E-state index >= 15 is 0 Å². The lowest BCUT2D eigenvalue weighted by molar-refractivity contribution is -0.142. The topological polar surface area (TPSA) is 99.2 Å². The standard InChI is InChI=1S/C10H18FN3O2/c1-7(12)14-6-8(11)4-3-5-10(2,13)9(15)16/h4H,3,5-6,13H2,1-2H3,(H2,12,14)(H,15,16)/b8-4+. The van der Waals surface area contributed by atoms with E-state index in [0.29, 0.717) is 0 Å². The first-order chi connectivity index (χ1) is 7.25. The van der Waals surface area contributed by atoms with E-state index in [1.807, 2.05) is 0 Å². The van der Waals surface area contributed by atoms with Crippen LogP contribution in [0.15, 0.2) is 11.9 Å². The second-order valence-electron chi connectivity index (χ2n) is 3.89. The number of carboxylic acids is 1. The number of aliphatic carboxylic acids is 1. The van der Waals surface area contributed by atoms with Gasteiger partial charge >= 0.3 is 5.97 Å². The zero-order valence-corrected chi connectivity index (χ0v) is 9.51. The van der Waals surface area contributed by atoms with Gasteiger partial charge in [0, 0.05) is 0 Å². The Hall–Kier alpha value is -1.43. The maximum Gasteiger partial charge on any atom is 0.323 e. The highest BCUT2D eigenvalue weighted by Gasteiger charge is 2.26. The quantitative estimate of drug-likeness (QED) is 0.405. The van der Waals surface area contributed by atoms with Crippen LogP contribution < -0.4 is 11.1 Å². The molecule has 5 N–H and O–H groups in total. The summed E-state index contributed by atoms with van der Waals surface area (Å²) in [4.78, 5) is 10.6. The normalized spacial score (nSPS) is 15.4. The molecule has 0 saturated carbocycles. The Morgan fingerprint density at radius 1 is 1.69 bits per heavy atom. The summed E-state index contributed by atoms with van der Waals surface area (Å²) in [6, 6.07) is 0. The fourth-order valence-electron chi connectivity index (χ4n) is 0.925. The first kappa shape index (κ1) is 14.6. The first-order valence-corrected chi connectivity index (χ1v) is 4.91. The van der Waals surface area contributed by atoms with E-state index in [1.54, 1.807) is 0 Å². The Morgan fingerprint density at radius 2 is 2.25 bits per heavy atom. The van der Waals surface area contributed by atoms with Gasteiger partial charge in [0.2, 0.25) is 0 Å². The highest BCUT2D eigenvalue weighted by molar-refractivity contribution is 5.77. The summed E-state index contributed by atoms with van der Waals surface area (Å²) >= 11 is 0. The molecule has 0 fully saturated rings. The predicted octanol–water partition coefficient (Wildman–Crippen LogP) is 1.01. The van der Waals surface area contributed by atoms with Gasteiger partial charge in [0.1, 0.15) is 11.4 Å². The highest BCUT2D eigenvalue weighted by atomic mass is 19.1. The van der Waals surface area contributed by atoms with Crippen LogP contribution in [0.5, 0.6) is 0 Å². The molecule has 5 nitrogen and oxygen atoms in total. The molecule has 0 aliphatic carbocycles. The zero-order valence-electron chi connectivity index (χ0n) is 9.51. The number of hydrogen-bond acceptors (Lipinski definition) is 3. The van der Waals surface area contributed by atoms with Crippen molar-refractivity contribution in [1.82, 2.24) is 5.32 Å². The fourth-order valence-corrected chi connectivity index (χ4v) is 0.925. The van der Waals surface area contributed by atoms with Crippen molar-refractivity contribution in [3.05, 3.63) is 11.9 Å². The molecule has 0 radical (unpaired) electrons. The van der Waals surface area contributed by atoms with Crippen LogP contribution in [0.3, 0.4) is 0 Å². The number of hydrogen-bond donors (Lipinski definition) is 4. The van der Waals surface area contributed by atoms with Crippen molar-refractivity contribution in [2.24, 2.45) is 5.73 Å². The van der Waals surface area contributed by atoms with Crippen LogP contribution in [0.4, 0.5) is 4.39 Å². The molecule has 0 heterocycles. The van der Waals surface area contributed by atoms with Crippen LogP contribution >= 0.6 is 0 Å². The van der Waals surface area contributed by atoms with E-state index in [0.717, 1.165) is 0 Å². The zero-order chi connectivity index (χ0) is 12.8. The van der Waals surface area contributed by atoms with Crippen molar-refractivity contribution in [1.29, 1.82) is 5.41 Å². The number of nitrogens with one attached hydrogen (secondary N) is 2. The molecule has 0 spiro atoms.